The van der Waals surface area contributed by atoms with Crippen LogP contribution in [0.4, 0.5) is 19.0 Å². The van der Waals surface area contributed by atoms with Gasteiger partial charge >= 0.3 is 0 Å². The topological polar surface area (TPSA) is 121 Å². The summed E-state index contributed by atoms with van der Waals surface area (Å²) in [7, 11) is 0. The number of rotatable bonds is 5. The molecule has 0 spiro atoms. The number of H-pyrrole nitrogens is 1. The van der Waals surface area contributed by atoms with Crippen molar-refractivity contribution < 1.29 is 22.7 Å². The second-order valence-corrected chi connectivity index (χ2v) is 8.01. The van der Waals surface area contributed by atoms with Crippen LogP contribution in [-0.4, -0.2) is 25.8 Å². The van der Waals surface area contributed by atoms with Crippen molar-refractivity contribution >= 4 is 22.8 Å². The first-order chi connectivity index (χ1) is 16.9. The van der Waals surface area contributed by atoms with Gasteiger partial charge < -0.3 is 20.4 Å². The number of ether oxygens (including phenoxy) is 1. The molecule has 0 radical (unpaired) electrons. The van der Waals surface area contributed by atoms with Crippen molar-refractivity contribution in [2.75, 3.05) is 5.73 Å². The summed E-state index contributed by atoms with van der Waals surface area (Å²) >= 11 is 0. The maximum absolute atomic E-state index is 14.6. The van der Waals surface area contributed by atoms with Crippen LogP contribution in [0.1, 0.15) is 38.4 Å². The number of pyridine rings is 2. The van der Waals surface area contributed by atoms with Gasteiger partial charge in [-0.3, -0.25) is 9.78 Å². The molecule has 0 bridgehead atoms. The number of fused-ring (bicyclic) bond motifs is 3. The van der Waals surface area contributed by atoms with Gasteiger partial charge in [-0.2, -0.15) is 5.26 Å². The lowest BCUT2D eigenvalue weighted by Gasteiger charge is -2.23. The number of nitrogens with zero attached hydrogens (tertiary/aromatic N) is 4. The third kappa shape index (κ3) is 4.04. The van der Waals surface area contributed by atoms with E-state index in [1.807, 2.05) is 0 Å². The van der Waals surface area contributed by atoms with E-state index in [1.54, 1.807) is 6.07 Å². The number of aromatic nitrogens is 3. The standard InChI is InChI=1S/C24H17F3N6O2/c25-16-2-1-3-30-21(16)9-33(8-13-17(26)4-12(7-28)5-18(13)27)24(34)20-6-19-22(31-20)14-10-35-11-15(14)23(29)32-19/h1-6,31H,8-11H2,(H2,29,32). The molecule has 176 valence electrons. The van der Waals surface area contributed by atoms with Crippen molar-refractivity contribution in [2.24, 2.45) is 0 Å². The van der Waals surface area contributed by atoms with Crippen molar-refractivity contribution in [2.45, 2.75) is 26.3 Å². The zero-order valence-electron chi connectivity index (χ0n) is 18.1. The van der Waals surface area contributed by atoms with Crippen molar-refractivity contribution in [1.29, 1.82) is 5.26 Å². The van der Waals surface area contributed by atoms with Gasteiger partial charge in [0.2, 0.25) is 0 Å². The summed E-state index contributed by atoms with van der Waals surface area (Å²) in [4.78, 5) is 25.9. The van der Waals surface area contributed by atoms with Crippen LogP contribution in [-0.2, 0) is 31.0 Å². The first-order valence-electron chi connectivity index (χ1n) is 10.5. The molecule has 1 aliphatic heterocycles. The number of carbonyl (C=O) groups is 1. The summed E-state index contributed by atoms with van der Waals surface area (Å²) in [6, 6.07) is 7.46. The highest BCUT2D eigenvalue weighted by atomic mass is 19.1. The van der Waals surface area contributed by atoms with Crippen LogP contribution in [0.3, 0.4) is 0 Å². The second kappa shape index (κ2) is 8.73. The number of nitrogens with two attached hydrogens (primary N) is 1. The summed E-state index contributed by atoms with van der Waals surface area (Å²) in [6.45, 7) is -0.313. The van der Waals surface area contributed by atoms with Gasteiger partial charge in [0.25, 0.3) is 5.91 Å². The fourth-order valence-corrected chi connectivity index (χ4v) is 4.05. The van der Waals surface area contributed by atoms with E-state index in [9.17, 15) is 18.0 Å². The quantitative estimate of drug-likeness (QED) is 0.451. The summed E-state index contributed by atoms with van der Waals surface area (Å²) in [6.07, 6.45) is 1.35. The molecule has 0 saturated heterocycles. The van der Waals surface area contributed by atoms with Crippen molar-refractivity contribution in [3.8, 4) is 6.07 Å². The minimum absolute atomic E-state index is 0.0676. The van der Waals surface area contributed by atoms with Crippen molar-refractivity contribution in [3.05, 3.63) is 87.6 Å². The Morgan fingerprint density at radius 2 is 1.89 bits per heavy atom. The number of amides is 1. The number of halogens is 3. The first kappa shape index (κ1) is 22.4. The Balaban J connectivity index is 1.56. The number of carbonyl (C=O) groups excluding carboxylic acids is 1. The second-order valence-electron chi connectivity index (χ2n) is 8.01. The average molecular weight is 478 g/mol. The van der Waals surface area contributed by atoms with E-state index < -0.39 is 35.5 Å². The van der Waals surface area contributed by atoms with Gasteiger partial charge in [-0.1, -0.05) is 0 Å². The lowest BCUT2D eigenvalue weighted by Crippen LogP contribution is -2.32. The highest BCUT2D eigenvalue weighted by molar-refractivity contribution is 5.98. The van der Waals surface area contributed by atoms with Crippen LogP contribution in [0.5, 0.6) is 0 Å². The maximum Gasteiger partial charge on any atom is 0.271 e. The van der Waals surface area contributed by atoms with Gasteiger partial charge in [0, 0.05) is 22.9 Å². The van der Waals surface area contributed by atoms with Crippen LogP contribution >= 0.6 is 0 Å². The van der Waals surface area contributed by atoms with E-state index >= 15 is 0 Å². The lowest BCUT2D eigenvalue weighted by atomic mass is 10.1. The smallest absolute Gasteiger partial charge is 0.271 e. The fourth-order valence-electron chi connectivity index (χ4n) is 4.05. The first-order valence-corrected chi connectivity index (χ1v) is 10.5. The van der Waals surface area contributed by atoms with Gasteiger partial charge in [-0.25, -0.2) is 18.2 Å². The Labute approximate surface area is 196 Å². The van der Waals surface area contributed by atoms with Crippen LogP contribution in [0, 0.1) is 28.8 Å². The zero-order valence-corrected chi connectivity index (χ0v) is 18.1. The van der Waals surface area contributed by atoms with E-state index in [4.69, 9.17) is 15.7 Å². The number of aromatic amines is 1. The van der Waals surface area contributed by atoms with Gasteiger partial charge in [-0.05, 0) is 30.3 Å². The molecule has 4 aromatic rings. The Morgan fingerprint density at radius 1 is 1.14 bits per heavy atom. The predicted octanol–water partition coefficient (Wildman–Crippen LogP) is 3.70. The van der Waals surface area contributed by atoms with Gasteiger partial charge in [0.05, 0.1) is 54.7 Å². The highest BCUT2D eigenvalue weighted by Crippen LogP contribution is 2.31. The van der Waals surface area contributed by atoms with Gasteiger partial charge in [0.1, 0.15) is 29.0 Å². The largest absolute Gasteiger partial charge is 0.383 e. The van der Waals surface area contributed by atoms with E-state index in [0.717, 1.165) is 28.2 Å². The van der Waals surface area contributed by atoms with Crippen LogP contribution in [0.25, 0.3) is 11.0 Å². The maximum atomic E-state index is 14.6. The molecule has 0 saturated carbocycles. The monoisotopic (exact) mass is 478 g/mol. The molecule has 0 aliphatic carbocycles. The van der Waals surface area contributed by atoms with Gasteiger partial charge in [-0.15, -0.1) is 0 Å². The average Bonchev–Trinajstić information content (AvgIpc) is 3.49. The van der Waals surface area contributed by atoms with Crippen LogP contribution < -0.4 is 5.73 Å². The molecule has 1 aromatic carbocycles. The predicted molar refractivity (Wildman–Crippen MR) is 118 cm³/mol. The third-order valence-electron chi connectivity index (χ3n) is 5.82. The molecule has 0 fully saturated rings. The summed E-state index contributed by atoms with van der Waals surface area (Å²) < 4.78 is 49.1. The van der Waals surface area contributed by atoms with Crippen LogP contribution in [0.2, 0.25) is 0 Å². The van der Waals surface area contributed by atoms with E-state index in [0.29, 0.717) is 17.6 Å². The molecule has 1 amide bonds. The third-order valence-corrected chi connectivity index (χ3v) is 5.82. The number of nitrogen functional groups attached to an aromatic ring is 1. The Hall–Kier alpha value is -4.43. The van der Waals surface area contributed by atoms with Crippen molar-refractivity contribution in [1.82, 2.24) is 19.9 Å². The number of hydrogen-bond donors (Lipinski definition) is 2. The molecule has 5 rings (SSSR count). The number of benzene rings is 1. The molecule has 4 heterocycles. The molecule has 3 N–H and O–H groups in total. The molecular formula is C24H17F3N6O2. The molecule has 8 nitrogen and oxygen atoms in total. The molecule has 0 atom stereocenters. The normalized spacial score (nSPS) is 12.5. The minimum atomic E-state index is -0.998. The molecule has 0 unspecified atom stereocenters. The Morgan fingerprint density at radius 3 is 2.60 bits per heavy atom. The number of hydrogen-bond acceptors (Lipinski definition) is 6. The lowest BCUT2D eigenvalue weighted by molar-refractivity contribution is 0.0717. The van der Waals surface area contributed by atoms with E-state index in [-0.39, 0.29) is 35.9 Å². The van der Waals surface area contributed by atoms with E-state index in [2.05, 4.69) is 15.0 Å². The summed E-state index contributed by atoms with van der Waals surface area (Å²) in [5.74, 6) is -3.05. The van der Waals surface area contributed by atoms with E-state index in [1.165, 1.54) is 24.4 Å². The van der Waals surface area contributed by atoms with Crippen molar-refractivity contribution in [3.63, 3.8) is 0 Å². The molecule has 35 heavy (non-hydrogen) atoms. The Kier molecular flexibility index (Phi) is 5.58. The highest BCUT2D eigenvalue weighted by Gasteiger charge is 2.26. The summed E-state index contributed by atoms with van der Waals surface area (Å²) in [5, 5.41) is 8.95. The summed E-state index contributed by atoms with van der Waals surface area (Å²) in [5.41, 5.74) is 7.84. The van der Waals surface area contributed by atoms with Gasteiger partial charge in [0.15, 0.2) is 0 Å². The number of anilines is 1. The fraction of sp³-hybridized carbons (Fsp3) is 0.167. The Bertz CT molecular complexity index is 1500. The minimum Gasteiger partial charge on any atom is -0.383 e. The molecular weight excluding hydrogens is 461 g/mol. The van der Waals surface area contributed by atoms with Crippen LogP contribution in [0.15, 0.2) is 36.5 Å². The molecule has 11 heteroatoms. The molecule has 3 aromatic heterocycles. The number of nitriles is 1. The zero-order chi connectivity index (χ0) is 24.7. The molecule has 1 aliphatic rings. The number of nitrogens with one attached hydrogen (secondary N) is 1. The SMILES string of the molecule is N#Cc1cc(F)c(CN(Cc2ncccc2F)C(=O)c2cc3nc(N)c4c(c3[nH]2)COC4)c(F)c1.